The molecule has 23 heavy (non-hydrogen) atoms. The highest BCUT2D eigenvalue weighted by molar-refractivity contribution is 6.06. The van der Waals surface area contributed by atoms with Crippen LogP contribution in [0.3, 0.4) is 0 Å². The molecule has 3 rings (SSSR count). The van der Waals surface area contributed by atoms with Crippen molar-refractivity contribution in [2.24, 2.45) is 0 Å². The second-order valence-corrected chi connectivity index (χ2v) is 5.87. The van der Waals surface area contributed by atoms with Gasteiger partial charge in [-0.15, -0.1) is 0 Å². The summed E-state index contributed by atoms with van der Waals surface area (Å²) in [6.07, 6.45) is 0.845. The molecule has 2 aromatic rings. The summed E-state index contributed by atoms with van der Waals surface area (Å²) < 4.78 is 11.3. The minimum atomic E-state index is -0.133. The van der Waals surface area contributed by atoms with Crippen molar-refractivity contribution in [3.63, 3.8) is 0 Å². The monoisotopic (exact) mass is 311 g/mol. The zero-order valence-corrected chi connectivity index (χ0v) is 13.7. The maximum atomic E-state index is 12.7. The van der Waals surface area contributed by atoms with Gasteiger partial charge in [-0.25, -0.2) is 0 Å². The van der Waals surface area contributed by atoms with Gasteiger partial charge in [-0.1, -0.05) is 12.1 Å². The summed E-state index contributed by atoms with van der Waals surface area (Å²) in [6, 6.07) is 9.54. The summed E-state index contributed by atoms with van der Waals surface area (Å²) in [5.74, 6) is 1.22. The fraction of sp³-hybridized carbons (Fsp3) is 0.316. The third kappa shape index (κ3) is 3.16. The maximum Gasteiger partial charge on any atom is 0.256 e. The van der Waals surface area contributed by atoms with E-state index in [9.17, 15) is 4.79 Å². The van der Waals surface area contributed by atoms with Gasteiger partial charge in [0.15, 0.2) is 11.5 Å². The molecular weight excluding hydrogens is 290 g/mol. The van der Waals surface area contributed by atoms with Crippen LogP contribution in [0.5, 0.6) is 11.5 Å². The standard InChI is InChI=1S/C19H21NO3/c1-12-6-4-7-16(14(12)3)20-19(21)15-11-18-17(10-13(15)2)22-8-5-9-23-18/h4,6-7,10-11H,5,8-9H2,1-3H3,(H,20,21). The van der Waals surface area contributed by atoms with Crippen molar-refractivity contribution in [3.8, 4) is 11.5 Å². The number of aryl methyl sites for hydroxylation is 2. The molecule has 1 aliphatic heterocycles. The summed E-state index contributed by atoms with van der Waals surface area (Å²) in [7, 11) is 0. The second kappa shape index (κ2) is 6.32. The molecule has 1 heterocycles. The van der Waals surface area contributed by atoms with Crippen LogP contribution in [0.25, 0.3) is 0 Å². The molecule has 0 bridgehead atoms. The highest BCUT2D eigenvalue weighted by Crippen LogP contribution is 2.33. The van der Waals surface area contributed by atoms with E-state index in [1.807, 2.05) is 45.0 Å². The number of fused-ring (bicyclic) bond motifs is 1. The first-order chi connectivity index (χ1) is 11.1. The molecule has 0 atom stereocenters. The first-order valence-electron chi connectivity index (χ1n) is 7.84. The third-order valence-corrected chi connectivity index (χ3v) is 4.19. The van der Waals surface area contributed by atoms with Crippen molar-refractivity contribution in [1.82, 2.24) is 0 Å². The lowest BCUT2D eigenvalue weighted by Gasteiger charge is -2.14. The summed E-state index contributed by atoms with van der Waals surface area (Å²) in [6.45, 7) is 7.19. The number of carbonyl (C=O) groups is 1. The average Bonchev–Trinajstić information content (AvgIpc) is 2.75. The van der Waals surface area contributed by atoms with Gasteiger partial charge < -0.3 is 14.8 Å². The summed E-state index contributed by atoms with van der Waals surface area (Å²) in [5.41, 5.74) is 4.54. The Bertz CT molecular complexity index is 753. The molecule has 120 valence electrons. The predicted octanol–water partition coefficient (Wildman–Crippen LogP) is 4.03. The molecule has 0 aromatic heterocycles. The van der Waals surface area contributed by atoms with Crippen molar-refractivity contribution >= 4 is 11.6 Å². The van der Waals surface area contributed by atoms with Gasteiger partial charge in [-0.05, 0) is 55.7 Å². The predicted molar refractivity (Wildman–Crippen MR) is 90.7 cm³/mol. The van der Waals surface area contributed by atoms with Crippen molar-refractivity contribution in [3.05, 3.63) is 52.6 Å². The molecule has 0 fully saturated rings. The first-order valence-corrected chi connectivity index (χ1v) is 7.84. The summed E-state index contributed by atoms with van der Waals surface area (Å²) in [4.78, 5) is 12.7. The Kier molecular flexibility index (Phi) is 4.24. The maximum absolute atomic E-state index is 12.7. The highest BCUT2D eigenvalue weighted by atomic mass is 16.5. The quantitative estimate of drug-likeness (QED) is 0.911. The van der Waals surface area contributed by atoms with E-state index in [1.165, 1.54) is 0 Å². The number of rotatable bonds is 2. The molecule has 0 aliphatic carbocycles. The fourth-order valence-electron chi connectivity index (χ4n) is 2.63. The molecule has 1 aliphatic rings. The van der Waals surface area contributed by atoms with Gasteiger partial charge in [-0.3, -0.25) is 4.79 Å². The summed E-state index contributed by atoms with van der Waals surface area (Å²) in [5, 5.41) is 3.00. The Hall–Kier alpha value is -2.49. The Balaban J connectivity index is 1.90. The smallest absolute Gasteiger partial charge is 0.256 e. The van der Waals surface area contributed by atoms with Gasteiger partial charge >= 0.3 is 0 Å². The van der Waals surface area contributed by atoms with E-state index in [1.54, 1.807) is 6.07 Å². The van der Waals surface area contributed by atoms with E-state index in [4.69, 9.17) is 9.47 Å². The second-order valence-electron chi connectivity index (χ2n) is 5.87. The average molecular weight is 311 g/mol. The van der Waals surface area contributed by atoms with E-state index in [0.717, 1.165) is 28.8 Å². The van der Waals surface area contributed by atoms with Gasteiger partial charge in [0, 0.05) is 17.7 Å². The van der Waals surface area contributed by atoms with Gasteiger partial charge in [0.05, 0.1) is 13.2 Å². The summed E-state index contributed by atoms with van der Waals surface area (Å²) >= 11 is 0. The lowest BCUT2D eigenvalue weighted by molar-refractivity contribution is 0.102. The van der Waals surface area contributed by atoms with Crippen LogP contribution in [-0.4, -0.2) is 19.1 Å². The zero-order chi connectivity index (χ0) is 16.4. The molecule has 0 spiro atoms. The molecule has 1 amide bonds. The van der Waals surface area contributed by atoms with Crippen LogP contribution in [0.2, 0.25) is 0 Å². The number of anilines is 1. The fourth-order valence-corrected chi connectivity index (χ4v) is 2.63. The normalized spacial score (nSPS) is 13.3. The van der Waals surface area contributed by atoms with E-state index in [2.05, 4.69) is 5.32 Å². The molecule has 0 radical (unpaired) electrons. The van der Waals surface area contributed by atoms with Crippen molar-refractivity contribution in [2.45, 2.75) is 27.2 Å². The minimum Gasteiger partial charge on any atom is -0.490 e. The number of ether oxygens (including phenoxy) is 2. The number of amides is 1. The van der Waals surface area contributed by atoms with Crippen molar-refractivity contribution < 1.29 is 14.3 Å². The van der Waals surface area contributed by atoms with Gasteiger partial charge in [0.25, 0.3) is 5.91 Å². The van der Waals surface area contributed by atoms with Gasteiger partial charge in [0.1, 0.15) is 0 Å². The van der Waals surface area contributed by atoms with Crippen LogP contribution in [0.4, 0.5) is 5.69 Å². The van der Waals surface area contributed by atoms with Crippen LogP contribution in [0.1, 0.15) is 33.5 Å². The van der Waals surface area contributed by atoms with Crippen LogP contribution >= 0.6 is 0 Å². The van der Waals surface area contributed by atoms with E-state index in [0.29, 0.717) is 30.3 Å². The minimum absolute atomic E-state index is 0.133. The molecular formula is C19H21NO3. The Labute approximate surface area is 136 Å². The van der Waals surface area contributed by atoms with Crippen LogP contribution in [0.15, 0.2) is 30.3 Å². The van der Waals surface area contributed by atoms with E-state index < -0.39 is 0 Å². The number of benzene rings is 2. The van der Waals surface area contributed by atoms with Crippen LogP contribution < -0.4 is 14.8 Å². The molecule has 0 saturated carbocycles. The largest absolute Gasteiger partial charge is 0.490 e. The number of nitrogens with one attached hydrogen (secondary N) is 1. The lowest BCUT2D eigenvalue weighted by atomic mass is 10.1. The van der Waals surface area contributed by atoms with E-state index >= 15 is 0 Å². The molecule has 4 nitrogen and oxygen atoms in total. The zero-order valence-electron chi connectivity index (χ0n) is 13.7. The van der Waals surface area contributed by atoms with Crippen molar-refractivity contribution in [1.29, 1.82) is 0 Å². The molecule has 0 saturated heterocycles. The number of carbonyl (C=O) groups excluding carboxylic acids is 1. The molecule has 4 heteroatoms. The Morgan fingerprint density at radius 3 is 2.43 bits per heavy atom. The van der Waals surface area contributed by atoms with Crippen molar-refractivity contribution in [2.75, 3.05) is 18.5 Å². The Morgan fingerprint density at radius 1 is 1.00 bits per heavy atom. The van der Waals surface area contributed by atoms with Crippen LogP contribution in [-0.2, 0) is 0 Å². The lowest BCUT2D eigenvalue weighted by Crippen LogP contribution is -2.15. The topological polar surface area (TPSA) is 47.6 Å². The van der Waals surface area contributed by atoms with Crippen LogP contribution in [0, 0.1) is 20.8 Å². The highest BCUT2D eigenvalue weighted by Gasteiger charge is 2.17. The molecule has 0 unspecified atom stereocenters. The Morgan fingerprint density at radius 2 is 1.70 bits per heavy atom. The van der Waals surface area contributed by atoms with Gasteiger partial charge in [-0.2, -0.15) is 0 Å². The van der Waals surface area contributed by atoms with E-state index in [-0.39, 0.29) is 5.91 Å². The number of hydrogen-bond donors (Lipinski definition) is 1. The first kappa shape index (κ1) is 15.4. The molecule has 1 N–H and O–H groups in total. The third-order valence-electron chi connectivity index (χ3n) is 4.19. The molecule has 2 aromatic carbocycles. The van der Waals surface area contributed by atoms with Gasteiger partial charge in [0.2, 0.25) is 0 Å². The SMILES string of the molecule is Cc1cc2c(cc1C(=O)Nc1cccc(C)c1C)OCCCO2. The number of hydrogen-bond acceptors (Lipinski definition) is 3.